The van der Waals surface area contributed by atoms with Gasteiger partial charge in [-0.3, -0.25) is 0 Å². The second-order valence-corrected chi connectivity index (χ2v) is 7.11. The quantitative estimate of drug-likeness (QED) is 0.921. The Morgan fingerprint density at radius 3 is 2.73 bits per heavy atom. The normalized spacial score (nSPS) is 16.3. The highest BCUT2D eigenvalue weighted by Gasteiger charge is 2.37. The second-order valence-electron chi connectivity index (χ2n) is 5.17. The number of nitrogens with zero attached hydrogens (tertiary/aromatic N) is 3. The maximum Gasteiger partial charge on any atom is 0.243 e. The molecule has 0 bridgehead atoms. The first-order valence-corrected chi connectivity index (χ1v) is 8.19. The van der Waals surface area contributed by atoms with E-state index in [2.05, 4.69) is 15.3 Å². The minimum absolute atomic E-state index is 0.00576. The number of aryl methyl sites for hydroxylation is 1. The predicted molar refractivity (Wildman–Crippen MR) is 79.3 cm³/mol. The first-order chi connectivity index (χ1) is 10.5. The summed E-state index contributed by atoms with van der Waals surface area (Å²) in [7, 11) is -3.57. The van der Waals surface area contributed by atoms with Gasteiger partial charge in [-0.05, 0) is 36.8 Å². The summed E-state index contributed by atoms with van der Waals surface area (Å²) < 4.78 is 39.5. The number of hydrogen-bond acceptors (Lipinski definition) is 5. The van der Waals surface area contributed by atoms with Crippen molar-refractivity contribution in [1.82, 2.24) is 14.3 Å². The zero-order chi connectivity index (χ0) is 15.7. The van der Waals surface area contributed by atoms with E-state index in [0.717, 1.165) is 0 Å². The Hall–Kier alpha value is -2.06. The predicted octanol–water partition coefficient (Wildman–Crippen LogP) is 1.41. The molecule has 1 aromatic heterocycles. The molecule has 1 aliphatic heterocycles. The zero-order valence-electron chi connectivity index (χ0n) is 11.9. The highest BCUT2D eigenvalue weighted by Crippen LogP contribution is 2.24. The number of benzene rings is 1. The van der Waals surface area contributed by atoms with Crippen molar-refractivity contribution in [3.63, 3.8) is 0 Å². The zero-order valence-corrected chi connectivity index (χ0v) is 12.7. The number of halogens is 1. The van der Waals surface area contributed by atoms with Gasteiger partial charge in [-0.2, -0.15) is 4.31 Å². The van der Waals surface area contributed by atoms with Crippen molar-refractivity contribution in [3.05, 3.63) is 48.2 Å². The molecule has 2 aromatic rings. The Labute approximate surface area is 128 Å². The first-order valence-electron chi connectivity index (χ1n) is 6.75. The van der Waals surface area contributed by atoms with Crippen LogP contribution < -0.4 is 5.32 Å². The molecule has 0 unspecified atom stereocenters. The van der Waals surface area contributed by atoms with Crippen LogP contribution in [0.4, 0.5) is 10.2 Å². The number of nitrogens with one attached hydrogen (secondary N) is 1. The summed E-state index contributed by atoms with van der Waals surface area (Å²) >= 11 is 0. The van der Waals surface area contributed by atoms with Crippen LogP contribution in [0.1, 0.15) is 5.56 Å². The van der Waals surface area contributed by atoms with Crippen LogP contribution >= 0.6 is 0 Å². The van der Waals surface area contributed by atoms with Crippen LogP contribution in [0.2, 0.25) is 0 Å². The third-order valence-corrected chi connectivity index (χ3v) is 5.38. The lowest BCUT2D eigenvalue weighted by Crippen LogP contribution is -2.56. The van der Waals surface area contributed by atoms with Gasteiger partial charge in [-0.25, -0.2) is 22.8 Å². The highest BCUT2D eigenvalue weighted by molar-refractivity contribution is 7.89. The minimum atomic E-state index is -3.57. The number of hydrogen-bond donors (Lipinski definition) is 1. The van der Waals surface area contributed by atoms with E-state index in [1.165, 1.54) is 28.8 Å². The summed E-state index contributed by atoms with van der Waals surface area (Å²) in [5.41, 5.74) is 0.317. The van der Waals surface area contributed by atoms with E-state index >= 15 is 0 Å². The fraction of sp³-hybridized carbons (Fsp3) is 0.286. The van der Waals surface area contributed by atoms with Crippen molar-refractivity contribution < 1.29 is 12.8 Å². The van der Waals surface area contributed by atoms with Gasteiger partial charge in [0.1, 0.15) is 18.0 Å². The van der Waals surface area contributed by atoms with Crippen LogP contribution in [0.15, 0.2) is 41.7 Å². The summed E-state index contributed by atoms with van der Waals surface area (Å²) in [6, 6.07) is 5.56. The van der Waals surface area contributed by atoms with Gasteiger partial charge in [0.15, 0.2) is 0 Å². The summed E-state index contributed by atoms with van der Waals surface area (Å²) in [6.45, 7) is 2.25. The molecular formula is C14H15FN4O2S. The fourth-order valence-electron chi connectivity index (χ4n) is 2.24. The maximum atomic E-state index is 13.3. The lowest BCUT2D eigenvalue weighted by molar-refractivity contribution is 0.280. The van der Waals surface area contributed by atoms with E-state index in [-0.39, 0.29) is 10.9 Å². The number of sulfonamides is 1. The van der Waals surface area contributed by atoms with Crippen LogP contribution in [0.25, 0.3) is 0 Å². The van der Waals surface area contributed by atoms with E-state index in [4.69, 9.17) is 0 Å². The molecule has 0 aliphatic carbocycles. The number of anilines is 1. The molecule has 1 aliphatic rings. The van der Waals surface area contributed by atoms with Gasteiger partial charge in [0.2, 0.25) is 10.0 Å². The number of rotatable bonds is 4. The molecule has 0 spiro atoms. The molecular weight excluding hydrogens is 307 g/mol. The van der Waals surface area contributed by atoms with Crippen molar-refractivity contribution in [2.75, 3.05) is 18.4 Å². The molecule has 8 heteroatoms. The monoisotopic (exact) mass is 322 g/mol. The topological polar surface area (TPSA) is 75.2 Å². The van der Waals surface area contributed by atoms with Crippen molar-refractivity contribution in [2.45, 2.75) is 17.9 Å². The third-order valence-electron chi connectivity index (χ3n) is 3.55. The van der Waals surface area contributed by atoms with E-state index in [0.29, 0.717) is 24.5 Å². The molecule has 0 radical (unpaired) electrons. The Morgan fingerprint density at radius 2 is 2.09 bits per heavy atom. The molecule has 2 heterocycles. The molecule has 0 amide bonds. The Kier molecular flexibility index (Phi) is 3.79. The van der Waals surface area contributed by atoms with Gasteiger partial charge in [-0.1, -0.05) is 0 Å². The molecule has 1 fully saturated rings. The standard InChI is InChI=1S/C14H15FN4O2S/c1-10-6-12(2-3-13(10)15)22(20,21)19-7-11(8-19)18-14-4-5-16-9-17-14/h2-6,9,11H,7-8H2,1H3,(H,16,17,18). The highest BCUT2D eigenvalue weighted by atomic mass is 32.2. The smallest absolute Gasteiger partial charge is 0.243 e. The van der Waals surface area contributed by atoms with Gasteiger partial charge in [-0.15, -0.1) is 0 Å². The van der Waals surface area contributed by atoms with Crippen LogP contribution in [-0.2, 0) is 10.0 Å². The lowest BCUT2D eigenvalue weighted by atomic mass is 10.2. The third kappa shape index (κ3) is 2.79. The molecule has 116 valence electrons. The molecule has 1 aromatic carbocycles. The number of aromatic nitrogens is 2. The lowest BCUT2D eigenvalue weighted by Gasteiger charge is -2.38. The summed E-state index contributed by atoms with van der Waals surface area (Å²) in [6.07, 6.45) is 3.04. The second kappa shape index (κ2) is 5.62. The molecule has 6 nitrogen and oxygen atoms in total. The van der Waals surface area contributed by atoms with Crippen molar-refractivity contribution in [1.29, 1.82) is 0 Å². The average molecular weight is 322 g/mol. The Bertz CT molecular complexity index is 777. The van der Waals surface area contributed by atoms with Crippen molar-refractivity contribution in [3.8, 4) is 0 Å². The van der Waals surface area contributed by atoms with Crippen LogP contribution in [0.5, 0.6) is 0 Å². The SMILES string of the molecule is Cc1cc(S(=O)(=O)N2CC(Nc3ccncn3)C2)ccc1F. The van der Waals surface area contributed by atoms with E-state index in [1.807, 2.05) is 0 Å². The minimum Gasteiger partial charge on any atom is -0.365 e. The molecule has 0 atom stereocenters. The van der Waals surface area contributed by atoms with Crippen LogP contribution in [0.3, 0.4) is 0 Å². The van der Waals surface area contributed by atoms with Gasteiger partial charge >= 0.3 is 0 Å². The Morgan fingerprint density at radius 1 is 1.32 bits per heavy atom. The first kappa shape index (κ1) is 14.9. The Balaban J connectivity index is 1.67. The summed E-state index contributed by atoms with van der Waals surface area (Å²) in [4.78, 5) is 7.97. The molecule has 3 rings (SSSR count). The van der Waals surface area contributed by atoms with E-state index < -0.39 is 15.8 Å². The van der Waals surface area contributed by atoms with Gasteiger partial charge in [0.05, 0.1) is 10.9 Å². The van der Waals surface area contributed by atoms with Gasteiger partial charge in [0.25, 0.3) is 0 Å². The van der Waals surface area contributed by atoms with Gasteiger partial charge < -0.3 is 5.32 Å². The fourth-order valence-corrected chi connectivity index (χ4v) is 3.85. The van der Waals surface area contributed by atoms with Crippen molar-refractivity contribution >= 4 is 15.8 Å². The summed E-state index contributed by atoms with van der Waals surface area (Å²) in [5.74, 6) is 0.250. The van der Waals surface area contributed by atoms with E-state index in [1.54, 1.807) is 19.2 Å². The van der Waals surface area contributed by atoms with Crippen LogP contribution in [-0.4, -0.2) is 41.8 Å². The van der Waals surface area contributed by atoms with Gasteiger partial charge in [0, 0.05) is 19.3 Å². The molecule has 1 saturated heterocycles. The summed E-state index contributed by atoms with van der Waals surface area (Å²) in [5, 5.41) is 3.14. The molecule has 0 saturated carbocycles. The average Bonchev–Trinajstić information content (AvgIpc) is 2.46. The van der Waals surface area contributed by atoms with Crippen molar-refractivity contribution in [2.24, 2.45) is 0 Å². The molecule has 1 N–H and O–H groups in total. The molecule has 22 heavy (non-hydrogen) atoms. The van der Waals surface area contributed by atoms with Crippen LogP contribution in [0, 0.1) is 12.7 Å². The largest absolute Gasteiger partial charge is 0.365 e. The maximum absolute atomic E-state index is 13.3. The van der Waals surface area contributed by atoms with E-state index in [9.17, 15) is 12.8 Å².